The SMILES string of the molecule is Cc1ccc(NC(=O)c2cccc3[nH]ccc23)cc1. The third-order valence-corrected chi connectivity index (χ3v) is 3.15. The molecule has 3 aromatic rings. The fourth-order valence-corrected chi connectivity index (χ4v) is 2.12. The van der Waals surface area contributed by atoms with E-state index >= 15 is 0 Å². The van der Waals surface area contributed by atoms with Gasteiger partial charge in [-0.05, 0) is 37.3 Å². The number of hydrogen-bond donors (Lipinski definition) is 2. The van der Waals surface area contributed by atoms with E-state index in [4.69, 9.17) is 0 Å². The Labute approximate surface area is 111 Å². The Hall–Kier alpha value is -2.55. The second-order valence-corrected chi connectivity index (χ2v) is 4.56. The number of aromatic amines is 1. The molecule has 1 amide bonds. The molecule has 0 radical (unpaired) electrons. The van der Waals surface area contributed by atoms with Gasteiger partial charge in [-0.2, -0.15) is 0 Å². The van der Waals surface area contributed by atoms with Crippen LogP contribution in [0.4, 0.5) is 5.69 Å². The maximum absolute atomic E-state index is 12.3. The molecule has 0 unspecified atom stereocenters. The van der Waals surface area contributed by atoms with E-state index in [1.807, 2.05) is 61.7 Å². The van der Waals surface area contributed by atoms with Crippen molar-refractivity contribution in [3.05, 3.63) is 65.9 Å². The second kappa shape index (κ2) is 4.61. The molecule has 3 rings (SSSR count). The lowest BCUT2D eigenvalue weighted by Gasteiger charge is -2.06. The number of nitrogens with one attached hydrogen (secondary N) is 2. The standard InChI is InChI=1S/C16H14N2O/c1-11-5-7-12(8-6-11)18-16(19)14-3-2-4-15-13(14)9-10-17-15/h2-10,17H,1H3,(H,18,19). The molecule has 0 fully saturated rings. The van der Waals surface area contributed by atoms with Gasteiger partial charge in [-0.1, -0.05) is 23.8 Å². The number of fused-ring (bicyclic) bond motifs is 1. The molecule has 0 atom stereocenters. The van der Waals surface area contributed by atoms with Crippen LogP contribution in [0.3, 0.4) is 0 Å². The number of anilines is 1. The highest BCUT2D eigenvalue weighted by atomic mass is 16.1. The molecule has 2 aromatic carbocycles. The van der Waals surface area contributed by atoms with E-state index in [0.717, 1.165) is 16.6 Å². The number of hydrogen-bond acceptors (Lipinski definition) is 1. The van der Waals surface area contributed by atoms with Gasteiger partial charge in [0.05, 0.1) is 0 Å². The largest absolute Gasteiger partial charge is 0.361 e. The molecule has 1 heterocycles. The fourth-order valence-electron chi connectivity index (χ4n) is 2.12. The van der Waals surface area contributed by atoms with E-state index in [2.05, 4.69) is 10.3 Å². The summed E-state index contributed by atoms with van der Waals surface area (Å²) in [6.07, 6.45) is 1.84. The molecule has 19 heavy (non-hydrogen) atoms. The van der Waals surface area contributed by atoms with Gasteiger partial charge in [0.2, 0.25) is 0 Å². The molecule has 0 aliphatic carbocycles. The lowest BCUT2D eigenvalue weighted by atomic mass is 10.1. The van der Waals surface area contributed by atoms with E-state index in [9.17, 15) is 4.79 Å². The maximum Gasteiger partial charge on any atom is 0.256 e. The summed E-state index contributed by atoms with van der Waals surface area (Å²) in [4.78, 5) is 15.4. The highest BCUT2D eigenvalue weighted by Crippen LogP contribution is 2.19. The molecule has 2 N–H and O–H groups in total. The van der Waals surface area contributed by atoms with Gasteiger partial charge in [0.25, 0.3) is 5.91 Å². The van der Waals surface area contributed by atoms with Crippen LogP contribution in [0.15, 0.2) is 54.7 Å². The lowest BCUT2D eigenvalue weighted by Crippen LogP contribution is -2.12. The summed E-state index contributed by atoms with van der Waals surface area (Å²) in [7, 11) is 0. The number of aryl methyl sites for hydroxylation is 1. The molecule has 0 saturated carbocycles. The van der Waals surface area contributed by atoms with E-state index in [1.165, 1.54) is 5.56 Å². The second-order valence-electron chi connectivity index (χ2n) is 4.56. The Morgan fingerprint density at radius 1 is 1.05 bits per heavy atom. The van der Waals surface area contributed by atoms with Crippen LogP contribution < -0.4 is 5.32 Å². The number of H-pyrrole nitrogens is 1. The zero-order valence-corrected chi connectivity index (χ0v) is 10.6. The number of rotatable bonds is 2. The quantitative estimate of drug-likeness (QED) is 0.715. The van der Waals surface area contributed by atoms with Crippen molar-refractivity contribution in [3.8, 4) is 0 Å². The summed E-state index contributed by atoms with van der Waals surface area (Å²) >= 11 is 0. The first-order chi connectivity index (χ1) is 9.24. The summed E-state index contributed by atoms with van der Waals surface area (Å²) in [5, 5.41) is 3.85. The third kappa shape index (κ3) is 2.22. The molecular formula is C16H14N2O. The molecule has 0 bridgehead atoms. The van der Waals surface area contributed by atoms with Gasteiger partial charge >= 0.3 is 0 Å². The minimum atomic E-state index is -0.0888. The first-order valence-corrected chi connectivity index (χ1v) is 6.18. The predicted molar refractivity (Wildman–Crippen MR) is 77.4 cm³/mol. The van der Waals surface area contributed by atoms with Gasteiger partial charge in [-0.25, -0.2) is 0 Å². The molecule has 3 nitrogen and oxygen atoms in total. The third-order valence-electron chi connectivity index (χ3n) is 3.15. The van der Waals surface area contributed by atoms with Crippen LogP contribution in [0.5, 0.6) is 0 Å². The van der Waals surface area contributed by atoms with Crippen LogP contribution in [0.1, 0.15) is 15.9 Å². The first-order valence-electron chi connectivity index (χ1n) is 6.18. The predicted octanol–water partition coefficient (Wildman–Crippen LogP) is 3.73. The lowest BCUT2D eigenvalue weighted by molar-refractivity contribution is 0.102. The van der Waals surface area contributed by atoms with Crippen molar-refractivity contribution >= 4 is 22.5 Å². The smallest absolute Gasteiger partial charge is 0.256 e. The Morgan fingerprint density at radius 3 is 2.63 bits per heavy atom. The van der Waals surface area contributed by atoms with Crippen molar-refractivity contribution in [2.75, 3.05) is 5.32 Å². The summed E-state index contributed by atoms with van der Waals surface area (Å²) in [5.41, 5.74) is 3.63. The summed E-state index contributed by atoms with van der Waals surface area (Å²) in [5.74, 6) is -0.0888. The molecule has 0 spiro atoms. The van der Waals surface area contributed by atoms with Crippen LogP contribution in [0, 0.1) is 6.92 Å². The fraction of sp³-hybridized carbons (Fsp3) is 0.0625. The number of amides is 1. The van der Waals surface area contributed by atoms with Gasteiger partial charge in [0, 0.05) is 28.4 Å². The zero-order valence-electron chi connectivity index (χ0n) is 10.6. The minimum Gasteiger partial charge on any atom is -0.361 e. The van der Waals surface area contributed by atoms with Crippen molar-refractivity contribution < 1.29 is 4.79 Å². The van der Waals surface area contributed by atoms with Crippen molar-refractivity contribution in [3.63, 3.8) is 0 Å². The van der Waals surface area contributed by atoms with Crippen LogP contribution in [-0.2, 0) is 0 Å². The van der Waals surface area contributed by atoms with Crippen LogP contribution in [0.2, 0.25) is 0 Å². The summed E-state index contributed by atoms with van der Waals surface area (Å²) in [6, 6.07) is 15.4. The van der Waals surface area contributed by atoms with E-state index < -0.39 is 0 Å². The number of carbonyl (C=O) groups excluding carboxylic acids is 1. The van der Waals surface area contributed by atoms with Gasteiger partial charge in [-0.3, -0.25) is 4.79 Å². The Morgan fingerprint density at radius 2 is 1.84 bits per heavy atom. The van der Waals surface area contributed by atoms with Crippen molar-refractivity contribution in [2.45, 2.75) is 6.92 Å². The van der Waals surface area contributed by atoms with Crippen LogP contribution in [0.25, 0.3) is 10.9 Å². The Balaban J connectivity index is 1.92. The molecule has 1 aromatic heterocycles. The van der Waals surface area contributed by atoms with Crippen molar-refractivity contribution in [1.82, 2.24) is 4.98 Å². The Bertz CT molecular complexity index is 726. The highest BCUT2D eigenvalue weighted by Gasteiger charge is 2.10. The van der Waals surface area contributed by atoms with Gasteiger partial charge in [0.1, 0.15) is 0 Å². The minimum absolute atomic E-state index is 0.0888. The van der Waals surface area contributed by atoms with Gasteiger partial charge < -0.3 is 10.3 Å². The highest BCUT2D eigenvalue weighted by molar-refractivity contribution is 6.12. The molecule has 0 saturated heterocycles. The number of carbonyl (C=O) groups is 1. The van der Waals surface area contributed by atoms with Crippen LogP contribution >= 0.6 is 0 Å². The molecule has 3 heteroatoms. The normalized spacial score (nSPS) is 10.6. The maximum atomic E-state index is 12.3. The van der Waals surface area contributed by atoms with Crippen LogP contribution in [-0.4, -0.2) is 10.9 Å². The summed E-state index contributed by atoms with van der Waals surface area (Å²) < 4.78 is 0. The van der Waals surface area contributed by atoms with E-state index in [1.54, 1.807) is 0 Å². The number of benzene rings is 2. The molecular weight excluding hydrogens is 236 g/mol. The van der Waals surface area contributed by atoms with Gasteiger partial charge in [-0.15, -0.1) is 0 Å². The first kappa shape index (κ1) is 11.5. The topological polar surface area (TPSA) is 44.9 Å². The molecule has 0 aliphatic heterocycles. The molecule has 94 valence electrons. The van der Waals surface area contributed by atoms with Crippen molar-refractivity contribution in [2.24, 2.45) is 0 Å². The zero-order chi connectivity index (χ0) is 13.2. The monoisotopic (exact) mass is 250 g/mol. The average molecular weight is 250 g/mol. The summed E-state index contributed by atoms with van der Waals surface area (Å²) in [6.45, 7) is 2.02. The van der Waals surface area contributed by atoms with Gasteiger partial charge in [0.15, 0.2) is 0 Å². The van der Waals surface area contributed by atoms with Crippen molar-refractivity contribution in [1.29, 1.82) is 0 Å². The molecule has 0 aliphatic rings. The van der Waals surface area contributed by atoms with E-state index in [0.29, 0.717) is 5.56 Å². The number of aromatic nitrogens is 1. The Kier molecular flexibility index (Phi) is 2.80. The van der Waals surface area contributed by atoms with E-state index in [-0.39, 0.29) is 5.91 Å². The average Bonchev–Trinajstić information content (AvgIpc) is 2.89.